The second-order valence-electron chi connectivity index (χ2n) is 5.94. The van der Waals surface area contributed by atoms with Crippen LogP contribution < -0.4 is 5.32 Å². The Labute approximate surface area is 138 Å². The predicted molar refractivity (Wildman–Crippen MR) is 93.2 cm³/mol. The van der Waals surface area contributed by atoms with Gasteiger partial charge in [0.25, 0.3) is 0 Å². The summed E-state index contributed by atoms with van der Waals surface area (Å²) in [5, 5.41) is 3.05. The number of amides is 1. The first kappa shape index (κ1) is 17.2. The molecule has 1 atom stereocenters. The van der Waals surface area contributed by atoms with E-state index in [0.29, 0.717) is 6.54 Å². The van der Waals surface area contributed by atoms with Gasteiger partial charge < -0.3 is 5.32 Å². The Morgan fingerprint density at radius 1 is 1.17 bits per heavy atom. The van der Waals surface area contributed by atoms with Crippen molar-refractivity contribution in [2.24, 2.45) is 0 Å². The summed E-state index contributed by atoms with van der Waals surface area (Å²) in [6.07, 6.45) is 3.56. The van der Waals surface area contributed by atoms with Gasteiger partial charge in [0.1, 0.15) is 6.04 Å². The molecular formula is C19H25N3O. The van der Waals surface area contributed by atoms with E-state index >= 15 is 0 Å². The molecule has 0 aliphatic rings. The zero-order chi connectivity index (χ0) is 16.7. The number of aromatic nitrogens is 1. The van der Waals surface area contributed by atoms with Crippen molar-refractivity contribution in [3.05, 3.63) is 65.5 Å². The molecular weight excluding hydrogens is 286 g/mol. The zero-order valence-corrected chi connectivity index (χ0v) is 14.1. The van der Waals surface area contributed by atoms with E-state index in [0.717, 1.165) is 29.7 Å². The molecule has 0 spiro atoms. The Kier molecular flexibility index (Phi) is 6.29. The Balaban J connectivity index is 1.91. The number of carbonyl (C=O) groups excluding carboxylic acids is 1. The van der Waals surface area contributed by atoms with Gasteiger partial charge >= 0.3 is 0 Å². The summed E-state index contributed by atoms with van der Waals surface area (Å²) >= 11 is 0. The molecule has 122 valence electrons. The molecule has 1 aromatic carbocycles. The molecule has 0 saturated heterocycles. The minimum atomic E-state index is -0.258. The first-order valence-electron chi connectivity index (χ1n) is 7.99. The molecule has 1 N–H and O–H groups in total. The van der Waals surface area contributed by atoms with Crippen LogP contribution in [0.15, 0.2) is 48.7 Å². The molecule has 0 fully saturated rings. The number of hydrogen-bond acceptors (Lipinski definition) is 3. The van der Waals surface area contributed by atoms with Crippen LogP contribution in [0.5, 0.6) is 0 Å². The van der Waals surface area contributed by atoms with Crippen LogP contribution in [0, 0.1) is 6.92 Å². The van der Waals surface area contributed by atoms with Gasteiger partial charge in [0.15, 0.2) is 0 Å². The minimum absolute atomic E-state index is 0.0466. The molecule has 0 aliphatic heterocycles. The number of rotatable bonds is 7. The number of aryl methyl sites for hydroxylation is 2. The summed E-state index contributed by atoms with van der Waals surface area (Å²) in [6, 6.07) is 13.7. The van der Waals surface area contributed by atoms with Gasteiger partial charge in [-0.2, -0.15) is 0 Å². The maximum atomic E-state index is 12.6. The number of hydrogen-bond donors (Lipinski definition) is 1. The van der Waals surface area contributed by atoms with Crippen LogP contribution >= 0.6 is 0 Å². The highest BCUT2D eigenvalue weighted by atomic mass is 16.2. The summed E-state index contributed by atoms with van der Waals surface area (Å²) in [7, 11) is 3.87. The topological polar surface area (TPSA) is 45.2 Å². The Morgan fingerprint density at radius 3 is 2.57 bits per heavy atom. The van der Waals surface area contributed by atoms with Crippen molar-refractivity contribution in [2.75, 3.05) is 20.6 Å². The zero-order valence-electron chi connectivity index (χ0n) is 14.1. The fourth-order valence-corrected chi connectivity index (χ4v) is 2.67. The summed E-state index contributed by atoms with van der Waals surface area (Å²) in [5.74, 6) is 0.0466. The molecule has 0 unspecified atom stereocenters. The lowest BCUT2D eigenvalue weighted by Crippen LogP contribution is -2.37. The van der Waals surface area contributed by atoms with E-state index in [2.05, 4.69) is 10.3 Å². The molecule has 23 heavy (non-hydrogen) atoms. The predicted octanol–water partition coefficient (Wildman–Crippen LogP) is 2.74. The molecule has 0 bridgehead atoms. The fourth-order valence-electron chi connectivity index (χ4n) is 2.67. The Hall–Kier alpha value is -2.20. The Bertz CT molecular complexity index is 626. The first-order chi connectivity index (χ1) is 11.1. The third-order valence-corrected chi connectivity index (χ3v) is 3.88. The maximum absolute atomic E-state index is 12.6. The van der Waals surface area contributed by atoms with Gasteiger partial charge in [-0.15, -0.1) is 0 Å². The molecule has 0 aliphatic carbocycles. The average molecular weight is 311 g/mol. The molecule has 0 saturated carbocycles. The van der Waals surface area contributed by atoms with Crippen molar-refractivity contribution >= 4 is 5.91 Å². The van der Waals surface area contributed by atoms with Crippen LogP contribution in [0.25, 0.3) is 0 Å². The number of carbonyl (C=O) groups is 1. The van der Waals surface area contributed by atoms with Crippen LogP contribution in [0.3, 0.4) is 0 Å². The van der Waals surface area contributed by atoms with Gasteiger partial charge in [-0.3, -0.25) is 14.7 Å². The van der Waals surface area contributed by atoms with Gasteiger partial charge in [0.2, 0.25) is 5.91 Å². The highest BCUT2D eigenvalue weighted by molar-refractivity contribution is 5.83. The Morgan fingerprint density at radius 2 is 1.91 bits per heavy atom. The van der Waals surface area contributed by atoms with Gasteiger partial charge in [0.05, 0.1) is 0 Å². The van der Waals surface area contributed by atoms with Gasteiger partial charge in [-0.05, 0) is 57.1 Å². The standard InChI is InChI=1S/C19H25N3O/c1-15-9-4-5-12-17(15)18(22(2)3)19(23)21-14-8-11-16-10-6-7-13-20-16/h4-7,9-10,12-13,18H,8,11,14H2,1-3H3,(H,21,23)/t18-/m0/s1. The highest BCUT2D eigenvalue weighted by Crippen LogP contribution is 2.21. The minimum Gasteiger partial charge on any atom is -0.354 e. The first-order valence-corrected chi connectivity index (χ1v) is 7.99. The van der Waals surface area contributed by atoms with E-state index in [1.54, 1.807) is 6.20 Å². The largest absolute Gasteiger partial charge is 0.354 e. The van der Waals surface area contributed by atoms with Crippen molar-refractivity contribution in [1.29, 1.82) is 0 Å². The number of nitrogens with zero attached hydrogens (tertiary/aromatic N) is 2. The van der Waals surface area contributed by atoms with Crippen LogP contribution in [0.2, 0.25) is 0 Å². The summed E-state index contributed by atoms with van der Waals surface area (Å²) in [6.45, 7) is 2.70. The molecule has 1 amide bonds. The van der Waals surface area contributed by atoms with Gasteiger partial charge in [0, 0.05) is 18.4 Å². The molecule has 4 heteroatoms. The molecule has 2 rings (SSSR count). The highest BCUT2D eigenvalue weighted by Gasteiger charge is 2.23. The van der Waals surface area contributed by atoms with E-state index in [1.165, 1.54) is 0 Å². The molecule has 2 aromatic rings. The van der Waals surface area contributed by atoms with Crippen LogP contribution in [0.1, 0.15) is 29.3 Å². The lowest BCUT2D eigenvalue weighted by atomic mass is 10.00. The summed E-state index contributed by atoms with van der Waals surface area (Å²) in [4.78, 5) is 18.8. The molecule has 4 nitrogen and oxygen atoms in total. The summed E-state index contributed by atoms with van der Waals surface area (Å²) in [5.41, 5.74) is 3.25. The molecule has 1 heterocycles. The van der Waals surface area contributed by atoms with Gasteiger partial charge in [-0.1, -0.05) is 30.3 Å². The number of benzene rings is 1. The van der Waals surface area contributed by atoms with Crippen LogP contribution in [-0.4, -0.2) is 36.4 Å². The number of pyridine rings is 1. The van der Waals surface area contributed by atoms with E-state index in [-0.39, 0.29) is 11.9 Å². The van der Waals surface area contributed by atoms with Crippen molar-refractivity contribution in [3.8, 4) is 0 Å². The third kappa shape index (κ3) is 4.89. The van der Waals surface area contributed by atoms with Crippen LogP contribution in [0.4, 0.5) is 0 Å². The normalized spacial score (nSPS) is 12.2. The quantitative estimate of drug-likeness (QED) is 0.800. The second-order valence-corrected chi connectivity index (χ2v) is 5.94. The molecule has 0 radical (unpaired) electrons. The monoisotopic (exact) mass is 311 g/mol. The third-order valence-electron chi connectivity index (χ3n) is 3.88. The van der Waals surface area contributed by atoms with E-state index in [1.807, 2.05) is 68.4 Å². The summed E-state index contributed by atoms with van der Waals surface area (Å²) < 4.78 is 0. The van der Waals surface area contributed by atoms with Crippen LogP contribution in [-0.2, 0) is 11.2 Å². The van der Waals surface area contributed by atoms with E-state index in [9.17, 15) is 4.79 Å². The average Bonchev–Trinajstić information content (AvgIpc) is 2.54. The number of likely N-dealkylation sites (N-methyl/N-ethyl adjacent to an activating group) is 1. The van der Waals surface area contributed by atoms with E-state index < -0.39 is 0 Å². The second kappa shape index (κ2) is 8.44. The lowest BCUT2D eigenvalue weighted by molar-refractivity contribution is -0.125. The fraction of sp³-hybridized carbons (Fsp3) is 0.368. The smallest absolute Gasteiger partial charge is 0.241 e. The van der Waals surface area contributed by atoms with Crippen molar-refractivity contribution < 1.29 is 4.79 Å². The maximum Gasteiger partial charge on any atom is 0.241 e. The van der Waals surface area contributed by atoms with Gasteiger partial charge in [-0.25, -0.2) is 0 Å². The van der Waals surface area contributed by atoms with E-state index in [4.69, 9.17) is 0 Å². The number of nitrogens with one attached hydrogen (secondary N) is 1. The van der Waals surface area contributed by atoms with Crippen molar-refractivity contribution in [2.45, 2.75) is 25.8 Å². The molecule has 1 aromatic heterocycles. The SMILES string of the molecule is Cc1ccccc1[C@@H](C(=O)NCCCc1ccccn1)N(C)C. The van der Waals surface area contributed by atoms with Crippen molar-refractivity contribution in [3.63, 3.8) is 0 Å². The van der Waals surface area contributed by atoms with Crippen molar-refractivity contribution in [1.82, 2.24) is 15.2 Å². The lowest BCUT2D eigenvalue weighted by Gasteiger charge is -2.25.